The van der Waals surface area contributed by atoms with Crippen molar-refractivity contribution in [1.82, 2.24) is 4.98 Å². The van der Waals surface area contributed by atoms with Gasteiger partial charge in [0.15, 0.2) is 5.13 Å². The number of halogens is 2. The predicted octanol–water partition coefficient (Wildman–Crippen LogP) is 2.36. The normalized spacial score (nSPS) is 17.6. The molecule has 0 saturated carbocycles. The fourth-order valence-electron chi connectivity index (χ4n) is 1.73. The molecule has 4 nitrogen and oxygen atoms in total. The van der Waals surface area contributed by atoms with Crippen LogP contribution in [0, 0.1) is 0 Å². The standard InChI is InChI=1S/C10H14F2N2S.CO2/c1-2-8-6-15-9(13-8)14-5-3-4-10(11,12)7-14;2-1-3/h6H,2-5,7H2,1H3;. The number of piperidine rings is 1. The number of alkyl halides is 2. The molecule has 0 aromatic carbocycles. The first-order valence-corrected chi connectivity index (χ1v) is 6.47. The second-order valence-electron chi connectivity index (χ2n) is 3.94. The van der Waals surface area contributed by atoms with E-state index in [1.807, 2.05) is 12.3 Å². The summed E-state index contributed by atoms with van der Waals surface area (Å²) in [5.74, 6) is -2.55. The van der Waals surface area contributed by atoms with Crippen molar-refractivity contribution in [1.29, 1.82) is 0 Å². The van der Waals surface area contributed by atoms with Gasteiger partial charge in [-0.3, -0.25) is 0 Å². The quantitative estimate of drug-likeness (QED) is 0.832. The summed E-state index contributed by atoms with van der Waals surface area (Å²) in [4.78, 5) is 22.3. The van der Waals surface area contributed by atoms with Crippen LogP contribution in [0.15, 0.2) is 5.38 Å². The van der Waals surface area contributed by atoms with Gasteiger partial charge in [-0.1, -0.05) is 6.92 Å². The summed E-state index contributed by atoms with van der Waals surface area (Å²) in [6.45, 7) is 2.54. The van der Waals surface area contributed by atoms with Crippen LogP contribution in [0.25, 0.3) is 0 Å². The maximum absolute atomic E-state index is 13.2. The molecule has 1 aromatic heterocycles. The van der Waals surface area contributed by atoms with Gasteiger partial charge in [0.05, 0.1) is 12.2 Å². The summed E-state index contributed by atoms with van der Waals surface area (Å²) in [7, 11) is 0. The fourth-order valence-corrected chi connectivity index (χ4v) is 2.67. The largest absolute Gasteiger partial charge is 0.373 e. The van der Waals surface area contributed by atoms with E-state index in [-0.39, 0.29) is 19.1 Å². The number of nitrogens with zero attached hydrogens (tertiary/aromatic N) is 2. The maximum Gasteiger partial charge on any atom is 0.373 e. The Morgan fingerprint density at radius 3 is 2.72 bits per heavy atom. The van der Waals surface area contributed by atoms with E-state index in [0.717, 1.165) is 17.2 Å². The van der Waals surface area contributed by atoms with E-state index in [9.17, 15) is 8.78 Å². The molecule has 1 aromatic rings. The topological polar surface area (TPSA) is 50.3 Å². The van der Waals surface area contributed by atoms with Gasteiger partial charge in [-0.25, -0.2) is 13.8 Å². The van der Waals surface area contributed by atoms with Gasteiger partial charge in [-0.05, 0) is 12.8 Å². The molecular weight excluding hydrogens is 262 g/mol. The van der Waals surface area contributed by atoms with Gasteiger partial charge in [0.1, 0.15) is 0 Å². The summed E-state index contributed by atoms with van der Waals surface area (Å²) >= 11 is 1.46. The van der Waals surface area contributed by atoms with Crippen LogP contribution in [0.5, 0.6) is 0 Å². The molecule has 100 valence electrons. The number of aromatic nitrogens is 1. The molecule has 1 aliphatic heterocycles. The second-order valence-corrected chi connectivity index (χ2v) is 4.78. The summed E-state index contributed by atoms with van der Waals surface area (Å²) in [5.41, 5.74) is 0.990. The van der Waals surface area contributed by atoms with Crippen LogP contribution < -0.4 is 4.90 Å². The molecule has 1 fully saturated rings. The van der Waals surface area contributed by atoms with Gasteiger partial charge in [-0.15, -0.1) is 11.3 Å². The highest BCUT2D eigenvalue weighted by Crippen LogP contribution is 2.31. The monoisotopic (exact) mass is 276 g/mol. The van der Waals surface area contributed by atoms with Gasteiger partial charge >= 0.3 is 6.15 Å². The average Bonchev–Trinajstić information content (AvgIpc) is 2.77. The number of aryl methyl sites for hydroxylation is 1. The van der Waals surface area contributed by atoms with Gasteiger partial charge in [0.25, 0.3) is 5.92 Å². The summed E-state index contributed by atoms with van der Waals surface area (Å²) in [6.07, 6.45) is 1.67. The third-order valence-electron chi connectivity index (χ3n) is 2.57. The Morgan fingerprint density at radius 1 is 1.56 bits per heavy atom. The van der Waals surface area contributed by atoms with E-state index in [0.29, 0.717) is 13.0 Å². The third kappa shape index (κ3) is 4.16. The van der Waals surface area contributed by atoms with Crippen molar-refractivity contribution in [3.63, 3.8) is 0 Å². The molecule has 0 N–H and O–H groups in total. The molecule has 0 atom stereocenters. The van der Waals surface area contributed by atoms with Crippen molar-refractivity contribution in [3.8, 4) is 0 Å². The Kier molecular flexibility index (Phi) is 5.37. The number of hydrogen-bond acceptors (Lipinski definition) is 5. The molecule has 0 unspecified atom stereocenters. The molecule has 0 radical (unpaired) electrons. The first-order chi connectivity index (χ1) is 8.52. The van der Waals surface area contributed by atoms with E-state index in [1.165, 1.54) is 11.3 Å². The number of thiazole rings is 1. The molecular formula is C11H14F2N2O2S. The van der Waals surface area contributed by atoms with Gasteiger partial charge in [0.2, 0.25) is 0 Å². The lowest BCUT2D eigenvalue weighted by atomic mass is 10.1. The Labute approximate surface area is 108 Å². The minimum atomic E-state index is -2.55. The van der Waals surface area contributed by atoms with Crippen molar-refractivity contribution in [2.24, 2.45) is 0 Å². The predicted molar refractivity (Wildman–Crippen MR) is 62.9 cm³/mol. The van der Waals surface area contributed by atoms with Crippen molar-refractivity contribution in [3.05, 3.63) is 11.1 Å². The van der Waals surface area contributed by atoms with Gasteiger partial charge < -0.3 is 4.90 Å². The van der Waals surface area contributed by atoms with Crippen LogP contribution in [-0.4, -0.2) is 30.1 Å². The van der Waals surface area contributed by atoms with Crippen LogP contribution in [0.2, 0.25) is 0 Å². The average molecular weight is 276 g/mol. The van der Waals surface area contributed by atoms with Crippen molar-refractivity contribution in [2.75, 3.05) is 18.0 Å². The minimum Gasteiger partial charge on any atom is -0.342 e. The van der Waals surface area contributed by atoms with Gasteiger partial charge in [0, 0.05) is 18.3 Å². The van der Waals surface area contributed by atoms with Crippen molar-refractivity contribution in [2.45, 2.75) is 32.1 Å². The van der Waals surface area contributed by atoms with Gasteiger partial charge in [-0.2, -0.15) is 9.59 Å². The number of carbonyl (C=O) groups excluding carboxylic acids is 2. The van der Waals surface area contributed by atoms with Crippen molar-refractivity contribution >= 4 is 22.6 Å². The molecule has 0 spiro atoms. The van der Waals surface area contributed by atoms with Crippen LogP contribution in [0.3, 0.4) is 0 Å². The molecule has 0 amide bonds. The Bertz CT molecular complexity index is 417. The van der Waals surface area contributed by atoms with Crippen LogP contribution in [-0.2, 0) is 16.0 Å². The maximum atomic E-state index is 13.2. The first-order valence-electron chi connectivity index (χ1n) is 5.59. The molecule has 18 heavy (non-hydrogen) atoms. The first kappa shape index (κ1) is 14.7. The molecule has 1 saturated heterocycles. The third-order valence-corrected chi connectivity index (χ3v) is 3.52. The number of anilines is 1. The number of hydrogen-bond donors (Lipinski definition) is 0. The van der Waals surface area contributed by atoms with E-state index < -0.39 is 5.92 Å². The van der Waals surface area contributed by atoms with E-state index in [1.54, 1.807) is 4.90 Å². The highest BCUT2D eigenvalue weighted by Gasteiger charge is 2.35. The van der Waals surface area contributed by atoms with E-state index >= 15 is 0 Å². The van der Waals surface area contributed by atoms with E-state index in [4.69, 9.17) is 9.59 Å². The zero-order valence-electron chi connectivity index (χ0n) is 9.99. The zero-order chi connectivity index (χ0) is 13.6. The molecule has 1 aliphatic rings. The summed E-state index contributed by atoms with van der Waals surface area (Å²) in [5, 5.41) is 2.69. The Morgan fingerprint density at radius 2 is 2.22 bits per heavy atom. The minimum absolute atomic E-state index is 0.00943. The molecule has 0 bridgehead atoms. The van der Waals surface area contributed by atoms with Crippen molar-refractivity contribution < 1.29 is 18.4 Å². The summed E-state index contributed by atoms with van der Waals surface area (Å²) < 4.78 is 26.3. The molecule has 0 aliphatic carbocycles. The number of rotatable bonds is 2. The van der Waals surface area contributed by atoms with E-state index in [2.05, 4.69) is 4.98 Å². The molecule has 2 rings (SSSR count). The lowest BCUT2D eigenvalue weighted by molar-refractivity contribution is -0.191. The lowest BCUT2D eigenvalue weighted by Crippen LogP contribution is -2.42. The highest BCUT2D eigenvalue weighted by atomic mass is 32.1. The summed E-state index contributed by atoms with van der Waals surface area (Å²) in [6, 6.07) is 0. The zero-order valence-corrected chi connectivity index (χ0v) is 10.8. The van der Waals surface area contributed by atoms with Crippen LogP contribution in [0.4, 0.5) is 13.9 Å². The second kappa shape index (κ2) is 6.56. The highest BCUT2D eigenvalue weighted by molar-refractivity contribution is 7.13. The Hall–Kier alpha value is -1.33. The molecule has 2 heterocycles. The van der Waals surface area contributed by atoms with Crippen LogP contribution >= 0.6 is 11.3 Å². The SMILES string of the molecule is CCc1csc(N2CCCC(F)(F)C2)n1.O=C=O. The Balaban J connectivity index is 0.000000492. The lowest BCUT2D eigenvalue weighted by Gasteiger charge is -2.32. The molecule has 7 heteroatoms. The fraction of sp³-hybridized carbons (Fsp3) is 0.636. The smallest absolute Gasteiger partial charge is 0.342 e. The van der Waals surface area contributed by atoms with Crippen LogP contribution in [0.1, 0.15) is 25.5 Å².